The highest BCUT2D eigenvalue weighted by molar-refractivity contribution is 5.43. The average molecular weight is 324 g/mol. The molecule has 0 fully saturated rings. The fraction of sp³-hybridized carbons (Fsp3) is 0.316. The van der Waals surface area contributed by atoms with Crippen molar-refractivity contribution in [3.05, 3.63) is 53.6 Å². The largest absolute Gasteiger partial charge is 0.492 e. The fourth-order valence-corrected chi connectivity index (χ4v) is 2.52. The molecule has 2 aromatic rings. The summed E-state index contributed by atoms with van der Waals surface area (Å²) in [5.74, 6) is 2.42. The van der Waals surface area contributed by atoms with Gasteiger partial charge in [-0.3, -0.25) is 4.90 Å². The molecule has 24 heavy (non-hydrogen) atoms. The fourth-order valence-electron chi connectivity index (χ4n) is 2.52. The van der Waals surface area contributed by atoms with Gasteiger partial charge in [-0.25, -0.2) is 0 Å². The lowest BCUT2D eigenvalue weighted by Crippen LogP contribution is -2.24. The molecule has 0 bridgehead atoms. The SMILES string of the molecule is CN(CCOc1ccc(C#N)cc1)Cc1ccc2c(c1)OCCO2. The van der Waals surface area contributed by atoms with Gasteiger partial charge in [-0.1, -0.05) is 6.07 Å². The van der Waals surface area contributed by atoms with E-state index in [0.29, 0.717) is 25.4 Å². The second kappa shape index (κ2) is 7.71. The van der Waals surface area contributed by atoms with Crippen LogP contribution in [0.2, 0.25) is 0 Å². The van der Waals surface area contributed by atoms with E-state index < -0.39 is 0 Å². The molecule has 0 spiro atoms. The lowest BCUT2D eigenvalue weighted by atomic mass is 10.2. The molecule has 0 N–H and O–H groups in total. The van der Waals surface area contributed by atoms with E-state index in [-0.39, 0.29) is 0 Å². The van der Waals surface area contributed by atoms with Crippen LogP contribution in [-0.4, -0.2) is 38.3 Å². The second-order valence-electron chi connectivity index (χ2n) is 5.70. The molecule has 1 heterocycles. The molecule has 0 aliphatic carbocycles. The van der Waals surface area contributed by atoms with Crippen molar-refractivity contribution in [1.82, 2.24) is 4.90 Å². The van der Waals surface area contributed by atoms with Crippen molar-refractivity contribution >= 4 is 0 Å². The molecule has 0 unspecified atom stereocenters. The van der Waals surface area contributed by atoms with Gasteiger partial charge in [0.05, 0.1) is 11.6 Å². The predicted molar refractivity (Wildman–Crippen MR) is 90.4 cm³/mol. The molecular weight excluding hydrogens is 304 g/mol. The van der Waals surface area contributed by atoms with Crippen LogP contribution >= 0.6 is 0 Å². The summed E-state index contributed by atoms with van der Waals surface area (Å²) in [6.07, 6.45) is 0. The Balaban J connectivity index is 1.47. The zero-order chi connectivity index (χ0) is 16.8. The Hall–Kier alpha value is -2.71. The average Bonchev–Trinajstić information content (AvgIpc) is 2.62. The number of nitriles is 1. The van der Waals surface area contributed by atoms with E-state index in [2.05, 4.69) is 24.1 Å². The third kappa shape index (κ3) is 4.18. The van der Waals surface area contributed by atoms with E-state index in [4.69, 9.17) is 19.5 Å². The molecule has 0 saturated carbocycles. The minimum atomic E-state index is 0.590. The summed E-state index contributed by atoms with van der Waals surface area (Å²) in [5.41, 5.74) is 1.82. The van der Waals surface area contributed by atoms with Crippen LogP contribution in [0.3, 0.4) is 0 Å². The number of nitrogens with zero attached hydrogens (tertiary/aromatic N) is 2. The normalized spacial score (nSPS) is 12.7. The first-order valence-corrected chi connectivity index (χ1v) is 7.94. The predicted octanol–water partition coefficient (Wildman–Crippen LogP) is 2.84. The van der Waals surface area contributed by atoms with E-state index in [9.17, 15) is 0 Å². The maximum Gasteiger partial charge on any atom is 0.161 e. The van der Waals surface area contributed by atoms with Gasteiger partial charge in [-0.05, 0) is 49.0 Å². The smallest absolute Gasteiger partial charge is 0.161 e. The number of benzene rings is 2. The molecule has 3 rings (SSSR count). The molecule has 0 amide bonds. The van der Waals surface area contributed by atoms with Crippen molar-refractivity contribution < 1.29 is 14.2 Å². The monoisotopic (exact) mass is 324 g/mol. The Morgan fingerprint density at radius 1 is 1.08 bits per heavy atom. The molecule has 124 valence electrons. The quantitative estimate of drug-likeness (QED) is 0.818. The summed E-state index contributed by atoms with van der Waals surface area (Å²) in [5, 5.41) is 8.78. The summed E-state index contributed by atoms with van der Waals surface area (Å²) in [4.78, 5) is 2.19. The Morgan fingerprint density at radius 2 is 1.83 bits per heavy atom. The van der Waals surface area contributed by atoms with Gasteiger partial charge in [0.1, 0.15) is 25.6 Å². The number of ether oxygens (including phenoxy) is 3. The first-order chi connectivity index (χ1) is 11.7. The van der Waals surface area contributed by atoms with Crippen molar-refractivity contribution in [3.63, 3.8) is 0 Å². The summed E-state index contributed by atoms with van der Waals surface area (Å²) in [6, 6.07) is 15.3. The number of hydrogen-bond donors (Lipinski definition) is 0. The zero-order valence-corrected chi connectivity index (χ0v) is 13.7. The molecule has 2 aromatic carbocycles. The van der Waals surface area contributed by atoms with Crippen LogP contribution in [0, 0.1) is 11.3 Å². The van der Waals surface area contributed by atoms with E-state index in [0.717, 1.165) is 30.3 Å². The van der Waals surface area contributed by atoms with Crippen LogP contribution in [-0.2, 0) is 6.54 Å². The van der Waals surface area contributed by atoms with E-state index in [1.165, 1.54) is 5.56 Å². The topological polar surface area (TPSA) is 54.7 Å². The Labute approximate surface area is 142 Å². The first kappa shape index (κ1) is 16.2. The van der Waals surface area contributed by atoms with Crippen LogP contribution < -0.4 is 14.2 Å². The van der Waals surface area contributed by atoms with Crippen molar-refractivity contribution in [2.24, 2.45) is 0 Å². The van der Waals surface area contributed by atoms with Crippen LogP contribution in [0.15, 0.2) is 42.5 Å². The number of hydrogen-bond acceptors (Lipinski definition) is 5. The van der Waals surface area contributed by atoms with Crippen molar-refractivity contribution in [1.29, 1.82) is 5.26 Å². The molecule has 0 aromatic heterocycles. The molecule has 1 aliphatic heterocycles. The van der Waals surface area contributed by atoms with Gasteiger partial charge >= 0.3 is 0 Å². The van der Waals surface area contributed by atoms with E-state index in [1.54, 1.807) is 12.1 Å². The third-order valence-corrected chi connectivity index (χ3v) is 3.78. The van der Waals surface area contributed by atoms with Gasteiger partial charge in [0, 0.05) is 13.1 Å². The molecule has 0 atom stereocenters. The maximum atomic E-state index is 8.78. The van der Waals surface area contributed by atoms with Crippen LogP contribution in [0.4, 0.5) is 0 Å². The molecule has 5 heteroatoms. The summed E-state index contributed by atoms with van der Waals surface area (Å²) < 4.78 is 16.9. The minimum Gasteiger partial charge on any atom is -0.492 e. The molecule has 1 aliphatic rings. The number of likely N-dealkylation sites (N-methyl/N-ethyl adjacent to an activating group) is 1. The highest BCUT2D eigenvalue weighted by Crippen LogP contribution is 2.30. The van der Waals surface area contributed by atoms with Crippen molar-refractivity contribution in [3.8, 4) is 23.3 Å². The Bertz CT molecular complexity index is 722. The van der Waals surface area contributed by atoms with E-state index in [1.807, 2.05) is 24.3 Å². The highest BCUT2D eigenvalue weighted by Gasteiger charge is 2.12. The van der Waals surface area contributed by atoms with Crippen LogP contribution in [0.5, 0.6) is 17.2 Å². The minimum absolute atomic E-state index is 0.590. The van der Waals surface area contributed by atoms with Crippen molar-refractivity contribution in [2.75, 3.05) is 33.4 Å². The van der Waals surface area contributed by atoms with Crippen molar-refractivity contribution in [2.45, 2.75) is 6.54 Å². The van der Waals surface area contributed by atoms with Gasteiger partial charge in [-0.2, -0.15) is 5.26 Å². The van der Waals surface area contributed by atoms with Gasteiger partial charge in [0.25, 0.3) is 0 Å². The highest BCUT2D eigenvalue weighted by atomic mass is 16.6. The first-order valence-electron chi connectivity index (χ1n) is 7.94. The standard InChI is InChI=1S/C19H20N2O3/c1-21(8-9-22-17-5-2-15(13-20)3-6-17)14-16-4-7-18-19(12-16)24-11-10-23-18/h2-7,12H,8-11,14H2,1H3. The lowest BCUT2D eigenvalue weighted by molar-refractivity contribution is 0.171. The summed E-state index contributed by atoms with van der Waals surface area (Å²) >= 11 is 0. The second-order valence-corrected chi connectivity index (χ2v) is 5.70. The Kier molecular flexibility index (Phi) is 5.19. The number of fused-ring (bicyclic) bond motifs is 1. The molecule has 0 saturated heterocycles. The summed E-state index contributed by atoms with van der Waals surface area (Å²) in [6.45, 7) is 3.42. The maximum absolute atomic E-state index is 8.78. The molecule has 5 nitrogen and oxygen atoms in total. The van der Waals surface area contributed by atoms with Gasteiger partial charge in [0.15, 0.2) is 11.5 Å². The van der Waals surface area contributed by atoms with Gasteiger partial charge < -0.3 is 14.2 Å². The van der Waals surface area contributed by atoms with Gasteiger partial charge in [-0.15, -0.1) is 0 Å². The van der Waals surface area contributed by atoms with Gasteiger partial charge in [0.2, 0.25) is 0 Å². The van der Waals surface area contributed by atoms with Crippen LogP contribution in [0.25, 0.3) is 0 Å². The third-order valence-electron chi connectivity index (χ3n) is 3.78. The van der Waals surface area contributed by atoms with Crippen LogP contribution in [0.1, 0.15) is 11.1 Å². The zero-order valence-electron chi connectivity index (χ0n) is 13.7. The summed E-state index contributed by atoms with van der Waals surface area (Å²) in [7, 11) is 2.05. The number of rotatable bonds is 6. The molecule has 0 radical (unpaired) electrons. The lowest BCUT2D eigenvalue weighted by Gasteiger charge is -2.21. The Morgan fingerprint density at radius 3 is 2.58 bits per heavy atom. The van der Waals surface area contributed by atoms with E-state index >= 15 is 0 Å². The molecular formula is C19H20N2O3.